The fraction of sp³-hybridized carbons (Fsp3) is 0.357. The third kappa shape index (κ3) is 2.36. The third-order valence-corrected chi connectivity index (χ3v) is 3.47. The Morgan fingerprint density at radius 2 is 1.84 bits per heavy atom. The van der Waals surface area contributed by atoms with Crippen molar-refractivity contribution in [3.05, 3.63) is 40.5 Å². The Balaban J connectivity index is 2.28. The largest absolute Gasteiger partial charge is 0.289 e. The monoisotopic (exact) mass is 258 g/mol. The van der Waals surface area contributed by atoms with Crippen LogP contribution in [-0.2, 0) is 14.1 Å². The number of ketones is 1. The van der Waals surface area contributed by atoms with E-state index in [1.807, 2.05) is 45.6 Å². The summed E-state index contributed by atoms with van der Waals surface area (Å²) in [6.07, 6.45) is 5.01. The molecule has 0 N–H and O–H groups in total. The fourth-order valence-corrected chi connectivity index (χ4v) is 2.02. The second-order valence-corrected chi connectivity index (χ2v) is 4.67. The van der Waals surface area contributed by atoms with Crippen LogP contribution in [0, 0.1) is 20.8 Å². The number of hydrogen-bond acceptors (Lipinski definition) is 3. The molecule has 0 atom stereocenters. The number of aryl methyl sites for hydroxylation is 3. The van der Waals surface area contributed by atoms with Crippen molar-refractivity contribution in [3.63, 3.8) is 0 Å². The lowest BCUT2D eigenvalue weighted by Gasteiger charge is -1.96. The summed E-state index contributed by atoms with van der Waals surface area (Å²) < 4.78 is 3.51. The first-order chi connectivity index (χ1) is 8.91. The van der Waals surface area contributed by atoms with Crippen molar-refractivity contribution in [1.29, 1.82) is 0 Å². The molecule has 2 rings (SSSR count). The molecular weight excluding hydrogens is 240 g/mol. The summed E-state index contributed by atoms with van der Waals surface area (Å²) in [5.41, 5.74) is 4.47. The molecule has 0 saturated carbocycles. The van der Waals surface area contributed by atoms with Crippen LogP contribution in [0.2, 0.25) is 0 Å². The first-order valence-electron chi connectivity index (χ1n) is 6.13. The molecule has 0 aliphatic rings. The maximum Gasteiger partial charge on any atom is 0.189 e. The highest BCUT2D eigenvalue weighted by Gasteiger charge is 2.11. The zero-order valence-electron chi connectivity index (χ0n) is 11.9. The van der Waals surface area contributed by atoms with Crippen molar-refractivity contribution < 1.29 is 4.79 Å². The van der Waals surface area contributed by atoms with E-state index in [1.54, 1.807) is 17.0 Å². The molecule has 19 heavy (non-hydrogen) atoms. The molecule has 0 bridgehead atoms. The van der Waals surface area contributed by atoms with Crippen molar-refractivity contribution in [1.82, 2.24) is 19.6 Å². The van der Waals surface area contributed by atoms with Gasteiger partial charge in [-0.25, -0.2) is 0 Å². The van der Waals surface area contributed by atoms with E-state index in [-0.39, 0.29) is 5.78 Å². The first-order valence-corrected chi connectivity index (χ1v) is 6.13. The van der Waals surface area contributed by atoms with Crippen LogP contribution in [0.1, 0.15) is 33.0 Å². The summed E-state index contributed by atoms with van der Waals surface area (Å²) in [5.74, 6) is -0.0340. The summed E-state index contributed by atoms with van der Waals surface area (Å²) >= 11 is 0. The molecule has 0 unspecified atom stereocenters. The SMILES string of the molecule is Cc1nn(C)c(C)c1/C=C/C(=O)c1cnn(C)c1C. The van der Waals surface area contributed by atoms with E-state index >= 15 is 0 Å². The van der Waals surface area contributed by atoms with Gasteiger partial charge in [0, 0.05) is 31.0 Å². The van der Waals surface area contributed by atoms with Crippen LogP contribution in [-0.4, -0.2) is 25.3 Å². The molecule has 0 amide bonds. The lowest BCUT2D eigenvalue weighted by atomic mass is 10.1. The molecule has 2 aromatic rings. The standard InChI is InChI=1S/C14H18N4O/c1-9-12(10(2)18(5)16-9)6-7-14(19)13-8-15-17(4)11(13)3/h6-8H,1-5H3/b7-6+. The smallest absolute Gasteiger partial charge is 0.189 e. The summed E-state index contributed by atoms with van der Waals surface area (Å²) in [5, 5.41) is 8.40. The van der Waals surface area contributed by atoms with E-state index in [4.69, 9.17) is 0 Å². The molecule has 0 aliphatic heterocycles. The molecule has 0 saturated heterocycles. The fourth-order valence-electron chi connectivity index (χ4n) is 2.02. The lowest BCUT2D eigenvalue weighted by Crippen LogP contribution is -1.98. The molecule has 100 valence electrons. The van der Waals surface area contributed by atoms with Crippen molar-refractivity contribution in [2.24, 2.45) is 14.1 Å². The Labute approximate surface area is 112 Å². The van der Waals surface area contributed by atoms with E-state index in [9.17, 15) is 4.79 Å². The number of aromatic nitrogens is 4. The minimum Gasteiger partial charge on any atom is -0.289 e. The van der Waals surface area contributed by atoms with Gasteiger partial charge in [0.2, 0.25) is 0 Å². The average molecular weight is 258 g/mol. The van der Waals surface area contributed by atoms with Gasteiger partial charge in [0.1, 0.15) is 0 Å². The van der Waals surface area contributed by atoms with Gasteiger partial charge >= 0.3 is 0 Å². The molecule has 5 nitrogen and oxygen atoms in total. The molecule has 0 fully saturated rings. The number of carbonyl (C=O) groups is 1. The van der Waals surface area contributed by atoms with Crippen molar-refractivity contribution >= 4 is 11.9 Å². The van der Waals surface area contributed by atoms with Crippen LogP contribution in [0.25, 0.3) is 6.08 Å². The van der Waals surface area contributed by atoms with Gasteiger partial charge in [0.25, 0.3) is 0 Å². The number of rotatable bonds is 3. The Hall–Kier alpha value is -2.17. The zero-order chi connectivity index (χ0) is 14.2. The molecule has 2 heterocycles. The van der Waals surface area contributed by atoms with Gasteiger partial charge < -0.3 is 0 Å². The van der Waals surface area contributed by atoms with Gasteiger partial charge in [-0.05, 0) is 32.9 Å². The lowest BCUT2D eigenvalue weighted by molar-refractivity contribution is 0.104. The van der Waals surface area contributed by atoms with Gasteiger partial charge in [-0.3, -0.25) is 14.2 Å². The van der Waals surface area contributed by atoms with Crippen LogP contribution < -0.4 is 0 Å². The highest BCUT2D eigenvalue weighted by molar-refractivity contribution is 6.07. The van der Waals surface area contributed by atoms with Gasteiger partial charge in [-0.1, -0.05) is 0 Å². The van der Waals surface area contributed by atoms with E-state index < -0.39 is 0 Å². The minimum absolute atomic E-state index is 0.0340. The van der Waals surface area contributed by atoms with E-state index in [0.29, 0.717) is 5.56 Å². The highest BCUT2D eigenvalue weighted by atomic mass is 16.1. The summed E-state index contributed by atoms with van der Waals surface area (Å²) in [4.78, 5) is 12.1. The van der Waals surface area contributed by atoms with Crippen LogP contribution in [0.5, 0.6) is 0 Å². The van der Waals surface area contributed by atoms with Crippen molar-refractivity contribution in [3.8, 4) is 0 Å². The average Bonchev–Trinajstić information content (AvgIpc) is 2.80. The van der Waals surface area contributed by atoms with E-state index in [1.165, 1.54) is 0 Å². The topological polar surface area (TPSA) is 52.7 Å². The maximum absolute atomic E-state index is 12.1. The molecule has 0 aliphatic carbocycles. The highest BCUT2D eigenvalue weighted by Crippen LogP contribution is 2.15. The number of carbonyl (C=O) groups excluding carboxylic acids is 1. The van der Waals surface area contributed by atoms with Crippen LogP contribution in [0.15, 0.2) is 12.3 Å². The Kier molecular flexibility index (Phi) is 3.38. The first kappa shape index (κ1) is 13.3. The molecular formula is C14H18N4O. The van der Waals surface area contributed by atoms with Crippen LogP contribution in [0.3, 0.4) is 0 Å². The van der Waals surface area contributed by atoms with E-state index in [0.717, 1.165) is 22.6 Å². The van der Waals surface area contributed by atoms with Gasteiger partial charge in [-0.15, -0.1) is 0 Å². The summed E-state index contributed by atoms with van der Waals surface area (Å²) in [6.45, 7) is 5.81. The molecule has 0 aromatic carbocycles. The molecule has 0 radical (unpaired) electrons. The Morgan fingerprint density at radius 3 is 2.32 bits per heavy atom. The van der Waals surface area contributed by atoms with Gasteiger partial charge in [0.15, 0.2) is 5.78 Å². The van der Waals surface area contributed by atoms with Crippen LogP contribution in [0.4, 0.5) is 0 Å². The maximum atomic E-state index is 12.1. The number of nitrogens with zero attached hydrogens (tertiary/aromatic N) is 4. The number of allylic oxidation sites excluding steroid dienone is 1. The molecule has 5 heteroatoms. The van der Waals surface area contributed by atoms with Gasteiger partial charge in [0.05, 0.1) is 17.5 Å². The predicted octanol–water partition coefficient (Wildman–Crippen LogP) is 1.97. The van der Waals surface area contributed by atoms with Gasteiger partial charge in [-0.2, -0.15) is 10.2 Å². The van der Waals surface area contributed by atoms with Crippen molar-refractivity contribution in [2.75, 3.05) is 0 Å². The van der Waals surface area contributed by atoms with Crippen molar-refractivity contribution in [2.45, 2.75) is 20.8 Å². The minimum atomic E-state index is -0.0340. The molecule has 2 aromatic heterocycles. The zero-order valence-corrected chi connectivity index (χ0v) is 11.9. The number of hydrogen-bond donors (Lipinski definition) is 0. The summed E-state index contributed by atoms with van der Waals surface area (Å²) in [6, 6.07) is 0. The van der Waals surface area contributed by atoms with E-state index in [2.05, 4.69) is 10.2 Å². The normalized spacial score (nSPS) is 11.4. The molecule has 0 spiro atoms. The quantitative estimate of drug-likeness (QED) is 0.625. The Morgan fingerprint density at radius 1 is 1.16 bits per heavy atom. The Bertz CT molecular complexity index is 661. The third-order valence-electron chi connectivity index (χ3n) is 3.47. The van der Waals surface area contributed by atoms with Crippen LogP contribution >= 0.6 is 0 Å². The second kappa shape index (κ2) is 4.84. The summed E-state index contributed by atoms with van der Waals surface area (Å²) in [7, 11) is 3.72. The predicted molar refractivity (Wildman–Crippen MR) is 74.0 cm³/mol. The second-order valence-electron chi connectivity index (χ2n) is 4.67.